The molecule has 1 aliphatic rings. The van der Waals surface area contributed by atoms with Gasteiger partial charge in [-0.2, -0.15) is 10.2 Å². The average molecular weight is 1620 g/mol. The van der Waals surface area contributed by atoms with Crippen LogP contribution in [0.25, 0.3) is 0 Å². The zero-order valence-electron chi connectivity index (χ0n) is 67.7. The number of Topliss-reactive ketones (excluding diaryl/α,β-unsaturated/α-hetero) is 3. The van der Waals surface area contributed by atoms with Gasteiger partial charge >= 0.3 is 23.9 Å². The number of hydrogen-bond acceptors (Lipinski definition) is 24. The fourth-order valence-corrected chi connectivity index (χ4v) is 11.3. The molecule has 25 nitrogen and oxygen atoms in total. The fraction of sp³-hybridized carbons (Fsp3) is 0.588. The van der Waals surface area contributed by atoms with E-state index in [2.05, 4.69) is 59.6 Å². The Labute approximate surface area is 662 Å². The summed E-state index contributed by atoms with van der Waals surface area (Å²) in [6.07, 6.45) is 13.1. The van der Waals surface area contributed by atoms with E-state index >= 15 is 0 Å². The van der Waals surface area contributed by atoms with Crippen molar-refractivity contribution < 1.29 is 88.2 Å². The van der Waals surface area contributed by atoms with Crippen molar-refractivity contribution in [1.82, 2.24) is 27.4 Å². The highest BCUT2D eigenvalue weighted by atomic mass is 32.2. The number of unbranched alkanes of at least 4 members (excludes halogenated alkanes) is 1. The quantitative estimate of drug-likeness (QED) is 0.00302. The van der Waals surface area contributed by atoms with Crippen LogP contribution in [0.4, 0.5) is 24.0 Å². The van der Waals surface area contributed by atoms with Crippen LogP contribution in [0.3, 0.4) is 0 Å². The van der Waals surface area contributed by atoms with Crippen molar-refractivity contribution >= 4 is 79.2 Å². The van der Waals surface area contributed by atoms with Crippen LogP contribution in [0, 0.1) is 29.1 Å². The SMILES string of the molecule is C.C.CC[C@@H](CC1(C)N=N1)C(=O)OC.CC[C@@H](CCS(C)(=O)=O)C(=O)OC.CC[C@@H](CCS(C)=O)C(=O)OC.CC[C@@H](Cc1ccc(C(=O)c2ccccc2)cc1)C(=O)OC.CN[C@@H](CCCCNC(C)C)C(C)=O.CN[C@@H](Cc1ccc(CC(=N)N)cc1)C(C)=O.CN[C@@H](Cc1ccc(N)cc1)C(C)=O.FF.FF.N. The average Bonchev–Trinajstić information content (AvgIpc) is 1.69. The molecule has 0 saturated carbocycles. The number of halogens is 4. The van der Waals surface area contributed by atoms with E-state index in [1.807, 2.05) is 133 Å². The van der Waals surface area contributed by atoms with Crippen LogP contribution in [-0.2, 0) is 98.8 Å². The first kappa shape index (κ1) is 116. The van der Waals surface area contributed by atoms with Crippen molar-refractivity contribution in [3.8, 4) is 0 Å². The lowest BCUT2D eigenvalue weighted by Crippen LogP contribution is -2.34. The van der Waals surface area contributed by atoms with E-state index in [1.165, 1.54) is 28.4 Å². The van der Waals surface area contributed by atoms with E-state index in [4.69, 9.17) is 39.9 Å². The predicted molar refractivity (Wildman–Crippen MR) is 440 cm³/mol. The molecule has 636 valence electrons. The minimum absolute atomic E-state index is 0. The summed E-state index contributed by atoms with van der Waals surface area (Å²) in [5, 5.41) is 27.3. The highest BCUT2D eigenvalue weighted by Gasteiger charge is 2.38. The van der Waals surface area contributed by atoms with E-state index in [0.29, 0.717) is 74.3 Å². The summed E-state index contributed by atoms with van der Waals surface area (Å²) in [6.45, 7) is 19.8. The number of ketones is 4. The predicted octanol–water partition coefficient (Wildman–Crippen LogP) is 13.3. The van der Waals surface area contributed by atoms with Gasteiger partial charge in [-0.25, -0.2) is 8.42 Å². The van der Waals surface area contributed by atoms with Gasteiger partial charge in [0.25, 0.3) is 0 Å². The Morgan fingerprint density at radius 1 is 0.550 bits per heavy atom. The molecule has 0 bridgehead atoms. The number of methoxy groups -OCH3 is 4. The zero-order valence-corrected chi connectivity index (χ0v) is 69.3. The standard InChI is InChI=1S/C19H20O3.C13H19N3O.C11H16N2O.C11H24N2O.C8H14N2O2.C8H16O4S.C8H16O3S.2CH4.2F2.H3N/c1-3-15(19(21)22-2)13-14-9-11-17(12-10-14)18(20)16-7-5-4-6-8-16;1-9(17)12(16-2)7-10-3-5-11(6-4-10)8-13(14)15;1-8(14)11(13-2)7-9-3-5-10(12)6-4-9;1-9(2)13-8-6-5-7-11(12-4)10(3)14;1-4-6(7(11)12-3)5-8(2)9-10-8;1-4-7(8(9)12-2)5-6-13(3,10)11;1-4-7(8(9)11-2)5-6-12(3)10;;;2*1-2;/h4-12,15H,3,13H2,1-2H3;3-6,12,16H,7-8H2,1-2H3,(H3,14,15);3-6,11,13H,7,12H2,1-2H3;9,11-13H,5-8H2,1-4H3;6H,4-5H2,1-3H3;7H,4-6H2,1-3H3;7H,4-6H2,1-3H3;2*1H4;;;1H3/t15-;12-;2*11-;6-;7-;7-,12?;;;;;/m0000000...../s1. The lowest BCUT2D eigenvalue weighted by Gasteiger charge is -2.13. The number of sulfone groups is 1. The van der Waals surface area contributed by atoms with E-state index in [0.717, 1.165) is 79.3 Å². The molecular formula is C80H136F4N10O15S2. The van der Waals surface area contributed by atoms with E-state index in [1.54, 1.807) is 53.3 Å². The third kappa shape index (κ3) is 57.6. The molecule has 0 saturated heterocycles. The van der Waals surface area contributed by atoms with Crippen molar-refractivity contribution in [2.24, 2.45) is 39.6 Å². The number of nitrogen functional groups attached to an aromatic ring is 1. The van der Waals surface area contributed by atoms with Gasteiger partial charge in [0.15, 0.2) is 11.4 Å². The van der Waals surface area contributed by atoms with E-state index < -0.39 is 20.6 Å². The molecule has 31 heteroatoms. The number of nitrogens with two attached hydrogens (primary N) is 2. The molecule has 8 atom stereocenters. The zero-order chi connectivity index (χ0) is 83.5. The Morgan fingerprint density at radius 2 is 0.910 bits per heavy atom. The summed E-state index contributed by atoms with van der Waals surface area (Å²) >= 11 is 0. The molecule has 4 aromatic carbocycles. The number of likely N-dealkylation sites (N-methyl/N-ethyl adjacent to an activating group) is 3. The molecule has 4 aromatic rings. The van der Waals surface area contributed by atoms with Crippen LogP contribution < -0.4 is 38.9 Å². The molecule has 111 heavy (non-hydrogen) atoms. The molecule has 1 aliphatic heterocycles. The molecular weight excluding hydrogens is 1480 g/mol. The Balaban J connectivity index is -0.000000227. The van der Waals surface area contributed by atoms with Crippen molar-refractivity contribution in [3.05, 3.63) is 137 Å². The molecule has 1 heterocycles. The summed E-state index contributed by atoms with van der Waals surface area (Å²) in [6, 6.07) is 32.5. The maximum atomic E-state index is 12.3. The number of carbonyl (C=O) groups excluding carboxylic acids is 8. The van der Waals surface area contributed by atoms with Crippen molar-refractivity contribution in [2.75, 3.05) is 85.9 Å². The van der Waals surface area contributed by atoms with Crippen LogP contribution in [-0.4, -0.2) is 175 Å². The second-order valence-corrected chi connectivity index (χ2v) is 29.7. The maximum absolute atomic E-state index is 12.3. The lowest BCUT2D eigenvalue weighted by atomic mass is 9.95. The van der Waals surface area contributed by atoms with Gasteiger partial charge < -0.3 is 57.8 Å². The number of benzene rings is 4. The number of nitrogens with one attached hydrogen (secondary N) is 5. The molecule has 0 radical (unpaired) electrons. The molecule has 0 aromatic heterocycles. The second kappa shape index (κ2) is 68.7. The Bertz CT molecular complexity index is 3340. The minimum Gasteiger partial charge on any atom is -0.469 e. The number of amidine groups is 1. The fourth-order valence-electron chi connectivity index (χ4n) is 10.0. The normalized spacial score (nSPS) is 13.0. The van der Waals surface area contributed by atoms with Crippen LogP contribution in [0.2, 0.25) is 0 Å². The number of anilines is 1. The van der Waals surface area contributed by atoms with Gasteiger partial charge in [0.2, 0.25) is 0 Å². The number of nitrogens with zero attached hydrogens (tertiary/aromatic N) is 2. The third-order valence-electron chi connectivity index (χ3n) is 16.8. The number of carbonyl (C=O) groups is 8. The van der Waals surface area contributed by atoms with Crippen LogP contribution in [0.15, 0.2) is 113 Å². The summed E-state index contributed by atoms with van der Waals surface area (Å²) < 4.78 is 82.9. The van der Waals surface area contributed by atoms with E-state index in [-0.39, 0.29) is 127 Å². The summed E-state index contributed by atoms with van der Waals surface area (Å²) in [5.74, 6) is -0.115. The minimum atomic E-state index is -2.98. The highest BCUT2D eigenvalue weighted by molar-refractivity contribution is 7.90. The maximum Gasteiger partial charge on any atom is 0.308 e. The van der Waals surface area contributed by atoms with Crippen LogP contribution >= 0.6 is 0 Å². The van der Waals surface area contributed by atoms with Gasteiger partial charge in [0, 0.05) is 83.1 Å². The number of ether oxygens (including phenoxy) is 4. The van der Waals surface area contributed by atoms with Crippen molar-refractivity contribution in [1.29, 1.82) is 5.41 Å². The first-order chi connectivity index (χ1) is 51.0. The molecule has 0 spiro atoms. The monoisotopic (exact) mass is 1620 g/mol. The van der Waals surface area contributed by atoms with Crippen LogP contribution in [0.5, 0.6) is 0 Å². The van der Waals surface area contributed by atoms with Gasteiger partial charge in [-0.05, 0) is 160 Å². The van der Waals surface area contributed by atoms with Crippen molar-refractivity contribution in [3.63, 3.8) is 0 Å². The molecule has 0 aliphatic carbocycles. The van der Waals surface area contributed by atoms with E-state index in [9.17, 15) is 51.0 Å². The first-order valence-electron chi connectivity index (χ1n) is 35.7. The molecule has 12 N–H and O–H groups in total. The van der Waals surface area contributed by atoms with Crippen LogP contribution in [0.1, 0.15) is 186 Å². The Kier molecular flexibility index (Phi) is 71.9. The molecule has 0 amide bonds. The smallest absolute Gasteiger partial charge is 0.308 e. The van der Waals surface area contributed by atoms with Gasteiger partial charge in [-0.1, -0.05) is 154 Å². The molecule has 1 unspecified atom stereocenters. The summed E-state index contributed by atoms with van der Waals surface area (Å²) in [4.78, 5) is 90.7. The Morgan fingerprint density at radius 3 is 1.26 bits per heavy atom. The molecule has 0 fully saturated rings. The third-order valence-corrected chi connectivity index (χ3v) is 18.6. The van der Waals surface area contributed by atoms with Gasteiger partial charge in [-0.15, -0.1) is 0 Å². The highest BCUT2D eigenvalue weighted by Crippen LogP contribution is 2.35. The lowest BCUT2D eigenvalue weighted by molar-refractivity contribution is -0.146. The largest absolute Gasteiger partial charge is 0.469 e. The van der Waals surface area contributed by atoms with Gasteiger partial charge in [-0.3, -0.25) is 48.0 Å². The number of esters is 4. The Hall–Kier alpha value is -8.07. The second-order valence-electron chi connectivity index (χ2n) is 25.8. The summed E-state index contributed by atoms with van der Waals surface area (Å²) in [7, 11) is 7.15. The van der Waals surface area contributed by atoms with Crippen molar-refractivity contribution in [2.45, 2.75) is 204 Å². The summed E-state index contributed by atoms with van der Waals surface area (Å²) in [5.41, 5.74) is 17.0. The molecule has 5 rings (SSSR count). The number of rotatable bonds is 38. The first-order valence-corrected chi connectivity index (χ1v) is 39.5. The number of hydrogen-bond donors (Lipinski definition) is 8. The van der Waals surface area contributed by atoms with Gasteiger partial charge in [0.1, 0.15) is 27.2 Å². The topological polar surface area (TPSA) is 408 Å². The van der Waals surface area contributed by atoms with Gasteiger partial charge in [0.05, 0.1) is 81.8 Å².